The smallest absolute Gasteiger partial charge is 0.252 e. The maximum absolute atomic E-state index is 12.4. The van der Waals surface area contributed by atoms with Gasteiger partial charge in [0.1, 0.15) is 0 Å². The molecule has 1 aromatic carbocycles. The molecule has 5 heteroatoms. The average Bonchev–Trinajstić information content (AvgIpc) is 2.74. The van der Waals surface area contributed by atoms with Crippen molar-refractivity contribution in [3.8, 4) is 0 Å². The van der Waals surface area contributed by atoms with Crippen LogP contribution in [0, 0.1) is 0 Å². The van der Waals surface area contributed by atoms with Crippen LogP contribution in [0.15, 0.2) is 18.2 Å². The van der Waals surface area contributed by atoms with Crippen LogP contribution in [-0.4, -0.2) is 37.0 Å². The van der Waals surface area contributed by atoms with Gasteiger partial charge in [0.25, 0.3) is 5.91 Å². The molecule has 1 fully saturated rings. The Kier molecular flexibility index (Phi) is 6.13. The minimum Gasteiger partial charge on any atom is -0.350 e. The Balaban J connectivity index is 2.08. The highest BCUT2D eigenvalue weighted by Gasteiger charge is 2.33. The Morgan fingerprint density at radius 3 is 2.41 bits per heavy atom. The van der Waals surface area contributed by atoms with Crippen LogP contribution >= 0.6 is 23.2 Å². The van der Waals surface area contributed by atoms with Gasteiger partial charge in [-0.3, -0.25) is 4.79 Å². The van der Waals surface area contributed by atoms with Crippen molar-refractivity contribution in [3.63, 3.8) is 0 Å². The number of carbonyl (C=O) groups is 1. The van der Waals surface area contributed by atoms with Gasteiger partial charge in [-0.2, -0.15) is 0 Å². The summed E-state index contributed by atoms with van der Waals surface area (Å²) >= 11 is 12.1. The zero-order chi connectivity index (χ0) is 16.2. The van der Waals surface area contributed by atoms with Gasteiger partial charge in [-0.15, -0.1) is 0 Å². The average molecular weight is 343 g/mol. The minimum atomic E-state index is -0.155. The van der Waals surface area contributed by atoms with Gasteiger partial charge in [-0.05, 0) is 45.1 Å². The van der Waals surface area contributed by atoms with Gasteiger partial charge in [0.05, 0.1) is 10.6 Å². The van der Waals surface area contributed by atoms with E-state index >= 15 is 0 Å². The molecule has 1 N–H and O–H groups in total. The van der Waals surface area contributed by atoms with E-state index < -0.39 is 0 Å². The Morgan fingerprint density at radius 1 is 1.18 bits per heavy atom. The van der Waals surface area contributed by atoms with Crippen LogP contribution in [0.25, 0.3) is 0 Å². The number of halogens is 2. The summed E-state index contributed by atoms with van der Waals surface area (Å²) < 4.78 is 0. The van der Waals surface area contributed by atoms with Crippen LogP contribution in [0.1, 0.15) is 48.9 Å². The van der Waals surface area contributed by atoms with Gasteiger partial charge < -0.3 is 10.2 Å². The molecule has 0 saturated heterocycles. The van der Waals surface area contributed by atoms with Crippen LogP contribution in [0.4, 0.5) is 0 Å². The molecule has 0 aromatic heterocycles. The number of nitrogens with one attached hydrogen (secondary N) is 1. The van der Waals surface area contributed by atoms with Gasteiger partial charge in [0, 0.05) is 17.1 Å². The van der Waals surface area contributed by atoms with Gasteiger partial charge in [0.15, 0.2) is 0 Å². The fourth-order valence-corrected chi connectivity index (χ4v) is 3.56. The first kappa shape index (κ1) is 17.6. The molecule has 0 bridgehead atoms. The molecule has 0 atom stereocenters. The summed E-state index contributed by atoms with van der Waals surface area (Å²) in [5.41, 5.74) is 0.480. The summed E-state index contributed by atoms with van der Waals surface area (Å²) in [7, 11) is 4.20. The second-order valence-corrected chi connectivity index (χ2v) is 7.18. The van der Waals surface area contributed by atoms with E-state index in [1.54, 1.807) is 18.2 Å². The van der Waals surface area contributed by atoms with Crippen LogP contribution in [0.2, 0.25) is 10.0 Å². The molecule has 1 saturated carbocycles. The van der Waals surface area contributed by atoms with Crippen LogP contribution in [0.5, 0.6) is 0 Å². The van der Waals surface area contributed by atoms with Crippen LogP contribution in [-0.2, 0) is 0 Å². The van der Waals surface area contributed by atoms with Gasteiger partial charge in [-0.1, -0.05) is 48.9 Å². The van der Waals surface area contributed by atoms with E-state index in [0.717, 1.165) is 12.8 Å². The highest BCUT2D eigenvalue weighted by atomic mass is 35.5. The first-order valence-electron chi connectivity index (χ1n) is 7.85. The number of amides is 1. The van der Waals surface area contributed by atoms with E-state index in [-0.39, 0.29) is 11.4 Å². The van der Waals surface area contributed by atoms with Crippen molar-refractivity contribution in [2.24, 2.45) is 0 Å². The third kappa shape index (κ3) is 4.15. The summed E-state index contributed by atoms with van der Waals surface area (Å²) in [4.78, 5) is 14.7. The molecule has 1 aromatic rings. The predicted octanol–water partition coefficient (Wildman–Crippen LogP) is 4.38. The first-order chi connectivity index (χ1) is 10.4. The van der Waals surface area contributed by atoms with Crippen molar-refractivity contribution < 1.29 is 4.79 Å². The molecule has 0 radical (unpaired) electrons. The second-order valence-electron chi connectivity index (χ2n) is 6.34. The lowest BCUT2D eigenvalue weighted by Crippen LogP contribution is -2.52. The number of rotatable bonds is 4. The summed E-state index contributed by atoms with van der Waals surface area (Å²) in [6, 6.07) is 4.97. The summed E-state index contributed by atoms with van der Waals surface area (Å²) in [6.07, 6.45) is 7.22. The number of likely N-dealkylation sites (N-methyl/N-ethyl adjacent to an activating group) is 1. The zero-order valence-electron chi connectivity index (χ0n) is 13.3. The highest BCUT2D eigenvalue weighted by Crippen LogP contribution is 2.31. The molecule has 122 valence electrons. The van der Waals surface area contributed by atoms with Crippen molar-refractivity contribution in [2.45, 2.75) is 44.1 Å². The molecular formula is C17H24Cl2N2O. The molecule has 1 aliphatic rings. The summed E-state index contributed by atoms with van der Waals surface area (Å²) in [5.74, 6) is -0.155. The molecule has 0 spiro atoms. The van der Waals surface area contributed by atoms with E-state index in [1.807, 2.05) is 0 Å². The number of hydrogen-bond donors (Lipinski definition) is 1. The first-order valence-corrected chi connectivity index (χ1v) is 8.61. The van der Waals surface area contributed by atoms with E-state index in [0.29, 0.717) is 22.2 Å². The Hall–Kier alpha value is -0.770. The normalized spacial score (nSPS) is 18.0. The number of hydrogen-bond acceptors (Lipinski definition) is 2. The number of benzene rings is 1. The van der Waals surface area contributed by atoms with E-state index in [1.165, 1.54) is 25.7 Å². The quantitative estimate of drug-likeness (QED) is 0.823. The lowest BCUT2D eigenvalue weighted by molar-refractivity contribution is 0.0869. The fourth-order valence-electron chi connectivity index (χ4n) is 3.18. The maximum atomic E-state index is 12.4. The van der Waals surface area contributed by atoms with Crippen LogP contribution < -0.4 is 5.32 Å². The lowest BCUT2D eigenvalue weighted by Gasteiger charge is -2.39. The third-order valence-electron chi connectivity index (χ3n) is 4.73. The molecule has 1 amide bonds. The van der Waals surface area contributed by atoms with Crippen molar-refractivity contribution >= 4 is 29.1 Å². The van der Waals surface area contributed by atoms with E-state index in [9.17, 15) is 4.79 Å². The molecule has 22 heavy (non-hydrogen) atoms. The summed E-state index contributed by atoms with van der Waals surface area (Å²) in [5, 5.41) is 4.01. The molecular weight excluding hydrogens is 319 g/mol. The lowest BCUT2D eigenvalue weighted by atomic mass is 9.88. The molecule has 3 nitrogen and oxygen atoms in total. The molecule has 0 unspecified atom stereocenters. The number of carbonyl (C=O) groups excluding carboxylic acids is 1. The maximum Gasteiger partial charge on any atom is 0.252 e. The third-order valence-corrected chi connectivity index (χ3v) is 5.30. The van der Waals surface area contributed by atoms with Gasteiger partial charge in [-0.25, -0.2) is 0 Å². The number of nitrogens with zero attached hydrogens (tertiary/aromatic N) is 1. The SMILES string of the molecule is CN(C)C1(CNC(=O)c2cc(Cl)ccc2Cl)CCCCCC1. The van der Waals surface area contributed by atoms with Gasteiger partial charge in [0.2, 0.25) is 0 Å². The largest absolute Gasteiger partial charge is 0.350 e. The van der Waals surface area contributed by atoms with Crippen molar-refractivity contribution in [3.05, 3.63) is 33.8 Å². The predicted molar refractivity (Wildman–Crippen MR) is 92.9 cm³/mol. The van der Waals surface area contributed by atoms with Crippen molar-refractivity contribution in [1.82, 2.24) is 10.2 Å². The Morgan fingerprint density at radius 2 is 1.82 bits per heavy atom. The van der Waals surface area contributed by atoms with Crippen molar-refractivity contribution in [2.75, 3.05) is 20.6 Å². The van der Waals surface area contributed by atoms with Crippen LogP contribution in [0.3, 0.4) is 0 Å². The van der Waals surface area contributed by atoms with Gasteiger partial charge >= 0.3 is 0 Å². The minimum absolute atomic E-state index is 0.0389. The van der Waals surface area contributed by atoms with E-state index in [2.05, 4.69) is 24.3 Å². The molecule has 2 rings (SSSR count). The zero-order valence-corrected chi connectivity index (χ0v) is 14.8. The van der Waals surface area contributed by atoms with E-state index in [4.69, 9.17) is 23.2 Å². The Bertz CT molecular complexity index is 523. The van der Waals surface area contributed by atoms with Crippen molar-refractivity contribution in [1.29, 1.82) is 0 Å². The second kappa shape index (κ2) is 7.67. The fraction of sp³-hybridized carbons (Fsp3) is 0.588. The molecule has 0 aliphatic heterocycles. The standard InChI is InChI=1S/C17H24Cl2N2O/c1-21(2)17(9-5-3-4-6-10-17)12-20-16(22)14-11-13(18)7-8-15(14)19/h7-8,11H,3-6,9-10,12H2,1-2H3,(H,20,22). The topological polar surface area (TPSA) is 32.3 Å². The molecule has 1 aliphatic carbocycles. The molecule has 0 heterocycles. The summed E-state index contributed by atoms with van der Waals surface area (Å²) in [6.45, 7) is 0.641. The highest BCUT2D eigenvalue weighted by molar-refractivity contribution is 6.35. The monoisotopic (exact) mass is 342 g/mol. The Labute approximate surface area is 143 Å².